The zero-order valence-corrected chi connectivity index (χ0v) is 28.3. The molecule has 1 aliphatic heterocycles. The second-order valence-electron chi connectivity index (χ2n) is 12.1. The van der Waals surface area contributed by atoms with E-state index in [0.717, 1.165) is 33.4 Å². The van der Waals surface area contributed by atoms with E-state index in [9.17, 15) is 18.0 Å². The maximum Gasteiger partial charge on any atom is 0.309 e. The van der Waals surface area contributed by atoms with Gasteiger partial charge < -0.3 is 9.64 Å². The van der Waals surface area contributed by atoms with Crippen molar-refractivity contribution in [3.63, 3.8) is 0 Å². The number of nitrogens with zero attached hydrogens (tertiary/aromatic N) is 3. The van der Waals surface area contributed by atoms with E-state index in [-0.39, 0.29) is 35.8 Å². The average molecular weight is 674 g/mol. The number of aromatic nitrogens is 1. The minimum Gasteiger partial charge on any atom is -0.466 e. The van der Waals surface area contributed by atoms with Crippen LogP contribution in [0, 0.1) is 5.92 Å². The van der Waals surface area contributed by atoms with Crippen LogP contribution in [0.4, 0.5) is 0 Å². The van der Waals surface area contributed by atoms with E-state index in [2.05, 4.69) is 4.98 Å². The molecule has 0 atom stereocenters. The number of piperidine rings is 1. The normalized spacial score (nSPS) is 13.7. The highest BCUT2D eigenvalue weighted by molar-refractivity contribution is 7.89. The number of ether oxygens (including phenoxy) is 1. The fraction of sp³-hybridized carbons (Fsp3) is 0.225. The lowest BCUT2D eigenvalue weighted by atomic mass is 9.96. The fourth-order valence-electron chi connectivity index (χ4n) is 6.09. The minimum absolute atomic E-state index is 0.0474. The van der Waals surface area contributed by atoms with Crippen molar-refractivity contribution in [2.75, 3.05) is 19.7 Å². The van der Waals surface area contributed by atoms with Gasteiger partial charge in [-0.05, 0) is 83.5 Å². The standard InChI is InChI=1S/C40H39N3O5S/c1-2-48-40(45)37-22-25-42(26-23-37)39(44)36-16-14-34(15-17-36)33-12-10-30(11-13-33)28-43(29-31-7-6-24-41-27-31)49(46,47)38-20-18-35(19-21-38)32-8-4-3-5-9-32/h3-21,24,27,37H,2,22-23,25-26,28-29H2,1H3. The maximum absolute atomic E-state index is 14.0. The molecule has 0 radical (unpaired) electrons. The number of benzene rings is 4. The summed E-state index contributed by atoms with van der Waals surface area (Å²) >= 11 is 0. The molecule has 1 aromatic heterocycles. The van der Waals surface area contributed by atoms with Crippen LogP contribution in [0.5, 0.6) is 0 Å². The number of carbonyl (C=O) groups is 2. The van der Waals surface area contributed by atoms with Gasteiger partial charge in [-0.3, -0.25) is 14.6 Å². The van der Waals surface area contributed by atoms with E-state index in [1.54, 1.807) is 42.4 Å². The van der Waals surface area contributed by atoms with Crippen molar-refractivity contribution < 1.29 is 22.7 Å². The molecule has 250 valence electrons. The molecule has 6 rings (SSSR count). The molecular weight excluding hydrogens is 635 g/mol. The molecule has 0 bridgehead atoms. The van der Waals surface area contributed by atoms with Crippen LogP contribution in [-0.4, -0.2) is 54.2 Å². The van der Waals surface area contributed by atoms with Gasteiger partial charge in [0.15, 0.2) is 0 Å². The van der Waals surface area contributed by atoms with Crippen molar-refractivity contribution in [1.29, 1.82) is 0 Å². The zero-order valence-electron chi connectivity index (χ0n) is 27.4. The van der Waals surface area contributed by atoms with Crippen LogP contribution >= 0.6 is 0 Å². The lowest BCUT2D eigenvalue weighted by Gasteiger charge is -2.31. The first kappa shape index (κ1) is 33.8. The zero-order chi connectivity index (χ0) is 34.2. The number of carbonyl (C=O) groups excluding carboxylic acids is 2. The van der Waals surface area contributed by atoms with Crippen LogP contribution in [0.15, 0.2) is 133 Å². The van der Waals surface area contributed by atoms with Gasteiger partial charge in [-0.2, -0.15) is 4.31 Å². The van der Waals surface area contributed by atoms with Crippen molar-refractivity contribution in [2.45, 2.75) is 37.8 Å². The van der Waals surface area contributed by atoms with Crippen LogP contribution in [0.1, 0.15) is 41.3 Å². The third-order valence-corrected chi connectivity index (χ3v) is 10.7. The van der Waals surface area contributed by atoms with Crippen molar-refractivity contribution >= 4 is 21.9 Å². The topological polar surface area (TPSA) is 96.9 Å². The number of rotatable bonds is 11. The van der Waals surface area contributed by atoms with Gasteiger partial charge in [0.2, 0.25) is 10.0 Å². The summed E-state index contributed by atoms with van der Waals surface area (Å²) in [5.41, 5.74) is 6.10. The summed E-state index contributed by atoms with van der Waals surface area (Å²) in [6.07, 6.45) is 4.57. The average Bonchev–Trinajstić information content (AvgIpc) is 3.15. The summed E-state index contributed by atoms with van der Waals surface area (Å²) in [5, 5.41) is 0. The van der Waals surface area contributed by atoms with Crippen LogP contribution < -0.4 is 0 Å². The summed E-state index contributed by atoms with van der Waals surface area (Å²) in [5.74, 6) is -0.376. The van der Waals surface area contributed by atoms with Crippen molar-refractivity contribution in [3.05, 3.63) is 144 Å². The Kier molecular flexibility index (Phi) is 10.6. The first-order valence-electron chi connectivity index (χ1n) is 16.5. The molecule has 0 spiro atoms. The van der Waals surface area contributed by atoms with Crippen molar-refractivity contribution in [1.82, 2.24) is 14.2 Å². The number of esters is 1. The third-order valence-electron chi connectivity index (χ3n) is 8.86. The summed E-state index contributed by atoms with van der Waals surface area (Å²) in [6, 6.07) is 35.8. The summed E-state index contributed by atoms with van der Waals surface area (Å²) in [4.78, 5) is 31.4. The quantitative estimate of drug-likeness (QED) is 0.137. The van der Waals surface area contributed by atoms with Crippen LogP contribution in [-0.2, 0) is 32.6 Å². The number of likely N-dealkylation sites (tertiary alicyclic amines) is 1. The number of hydrogen-bond acceptors (Lipinski definition) is 6. The number of pyridine rings is 1. The van der Waals surface area contributed by atoms with E-state index in [0.29, 0.717) is 38.1 Å². The predicted octanol–water partition coefficient (Wildman–Crippen LogP) is 7.22. The highest BCUT2D eigenvalue weighted by Crippen LogP contribution is 2.27. The number of sulfonamides is 1. The van der Waals surface area contributed by atoms with Gasteiger partial charge >= 0.3 is 5.97 Å². The molecule has 2 heterocycles. The molecule has 0 saturated carbocycles. The molecule has 5 aromatic rings. The van der Waals surface area contributed by atoms with E-state index in [4.69, 9.17) is 4.74 Å². The molecule has 0 unspecified atom stereocenters. The second kappa shape index (κ2) is 15.4. The Morgan fingerprint density at radius 2 is 1.31 bits per heavy atom. The van der Waals surface area contributed by atoms with E-state index in [1.807, 2.05) is 97.1 Å². The van der Waals surface area contributed by atoms with Gasteiger partial charge in [0, 0.05) is 44.1 Å². The lowest BCUT2D eigenvalue weighted by molar-refractivity contribution is -0.149. The summed E-state index contributed by atoms with van der Waals surface area (Å²) in [6.45, 7) is 3.57. The Morgan fingerprint density at radius 3 is 1.90 bits per heavy atom. The predicted molar refractivity (Wildman–Crippen MR) is 190 cm³/mol. The molecule has 9 heteroatoms. The molecule has 1 aliphatic rings. The number of hydrogen-bond donors (Lipinski definition) is 0. The van der Waals surface area contributed by atoms with Gasteiger partial charge in [0.1, 0.15) is 0 Å². The Morgan fingerprint density at radius 1 is 0.735 bits per heavy atom. The highest BCUT2D eigenvalue weighted by Gasteiger charge is 2.29. The molecule has 1 fully saturated rings. The SMILES string of the molecule is CCOC(=O)C1CCN(C(=O)c2ccc(-c3ccc(CN(Cc4cccnc4)S(=O)(=O)c4ccc(-c5ccccc5)cc4)cc3)cc2)CC1. The fourth-order valence-corrected chi connectivity index (χ4v) is 7.51. The smallest absolute Gasteiger partial charge is 0.309 e. The van der Waals surface area contributed by atoms with Gasteiger partial charge in [-0.1, -0.05) is 84.9 Å². The molecule has 1 amide bonds. The second-order valence-corrected chi connectivity index (χ2v) is 14.1. The van der Waals surface area contributed by atoms with Gasteiger partial charge in [-0.25, -0.2) is 8.42 Å². The Labute approximate surface area is 288 Å². The monoisotopic (exact) mass is 673 g/mol. The Hall–Kier alpha value is -5.12. The van der Waals surface area contributed by atoms with Crippen LogP contribution in [0.25, 0.3) is 22.3 Å². The highest BCUT2D eigenvalue weighted by atomic mass is 32.2. The van der Waals surface area contributed by atoms with E-state index >= 15 is 0 Å². The Bertz CT molecular complexity index is 1960. The van der Waals surface area contributed by atoms with Crippen molar-refractivity contribution in [3.8, 4) is 22.3 Å². The first-order valence-corrected chi connectivity index (χ1v) is 18.0. The van der Waals surface area contributed by atoms with Crippen LogP contribution in [0.2, 0.25) is 0 Å². The van der Waals surface area contributed by atoms with Gasteiger partial charge in [0.25, 0.3) is 5.91 Å². The van der Waals surface area contributed by atoms with E-state index in [1.165, 1.54) is 4.31 Å². The summed E-state index contributed by atoms with van der Waals surface area (Å²) in [7, 11) is -3.84. The molecule has 8 nitrogen and oxygen atoms in total. The van der Waals surface area contributed by atoms with E-state index < -0.39 is 10.0 Å². The molecule has 0 N–H and O–H groups in total. The molecule has 4 aromatic carbocycles. The number of amides is 1. The lowest BCUT2D eigenvalue weighted by Crippen LogP contribution is -2.40. The molecular formula is C40H39N3O5S. The minimum atomic E-state index is -3.84. The summed E-state index contributed by atoms with van der Waals surface area (Å²) < 4.78 is 34.6. The molecule has 1 saturated heterocycles. The Balaban J connectivity index is 1.14. The molecule has 0 aliphatic carbocycles. The first-order chi connectivity index (χ1) is 23.8. The van der Waals surface area contributed by atoms with Gasteiger partial charge in [0.05, 0.1) is 17.4 Å². The molecule has 49 heavy (non-hydrogen) atoms. The van der Waals surface area contributed by atoms with Crippen LogP contribution in [0.3, 0.4) is 0 Å². The third kappa shape index (κ3) is 8.13. The van der Waals surface area contributed by atoms with Crippen molar-refractivity contribution in [2.24, 2.45) is 5.92 Å². The van der Waals surface area contributed by atoms with Gasteiger partial charge in [-0.15, -0.1) is 0 Å². The largest absolute Gasteiger partial charge is 0.466 e. The maximum atomic E-state index is 14.0.